The number of aliphatic hydroxyl groups is 2. The number of rotatable bonds is 38. The maximum Gasteiger partial charge on any atom is 0.472 e. The number of ether oxygens (including phenoxy) is 2. The minimum atomic E-state index is -4.79. The molecule has 0 aromatic carbocycles. The number of esters is 2. The van der Waals surface area contributed by atoms with E-state index in [4.69, 9.17) is 24.8 Å². The first-order valence-electron chi connectivity index (χ1n) is 21.2. The average Bonchev–Trinajstić information content (AvgIpc) is 3.19. The molecule has 0 saturated heterocycles. The smallest absolute Gasteiger partial charge is 0.472 e. The van der Waals surface area contributed by atoms with Crippen LogP contribution in [0, 0.1) is 0 Å². The molecule has 0 aromatic heterocycles. The second kappa shape index (κ2) is 38.1. The number of unbranched alkanes of at least 4 members (excludes halogenated alkanes) is 11. The molecule has 0 rings (SSSR count). The quantitative estimate of drug-likeness (QED) is 0.0129. The normalized spacial score (nSPS) is 15.6. The first-order valence-corrected chi connectivity index (χ1v) is 22.7. The summed E-state index contributed by atoms with van der Waals surface area (Å²) in [5, 5.41) is 29.2. The van der Waals surface area contributed by atoms with Gasteiger partial charge in [0.05, 0.1) is 25.4 Å². The third-order valence-electron chi connectivity index (χ3n) is 8.63. The predicted octanol–water partition coefficient (Wildman–Crippen LogP) is 8.89. The van der Waals surface area contributed by atoms with E-state index in [0.717, 1.165) is 51.4 Å². The van der Waals surface area contributed by atoms with Crippen molar-refractivity contribution < 1.29 is 57.7 Å². The molecule has 0 saturated carbocycles. The van der Waals surface area contributed by atoms with E-state index in [-0.39, 0.29) is 25.7 Å². The zero-order chi connectivity index (χ0) is 43.1. The summed E-state index contributed by atoms with van der Waals surface area (Å²) in [5.74, 6) is -2.68. The lowest BCUT2D eigenvalue weighted by Crippen LogP contribution is -2.34. The molecule has 0 radical (unpaired) electrons. The summed E-state index contributed by atoms with van der Waals surface area (Å²) >= 11 is 0. The second-order valence-electron chi connectivity index (χ2n) is 14.1. The van der Waals surface area contributed by atoms with E-state index in [2.05, 4.69) is 42.7 Å². The monoisotopic (exact) mass is 839 g/mol. The lowest BCUT2D eigenvalue weighted by atomic mass is 10.1. The van der Waals surface area contributed by atoms with Crippen LogP contribution in [0.25, 0.3) is 0 Å². The number of aliphatic hydroxyl groups excluding tert-OH is 2. The number of carbonyl (C=O) groups is 3. The van der Waals surface area contributed by atoms with E-state index < -0.39 is 69.9 Å². The number of phosphoric ester groups is 1. The van der Waals surface area contributed by atoms with Crippen molar-refractivity contribution in [2.24, 2.45) is 5.73 Å². The molecule has 0 aromatic rings. The molecule has 0 bridgehead atoms. The summed E-state index contributed by atoms with van der Waals surface area (Å²) in [6.45, 7) is 2.37. The molecule has 0 aliphatic rings. The van der Waals surface area contributed by atoms with Gasteiger partial charge in [0, 0.05) is 12.8 Å². The summed E-state index contributed by atoms with van der Waals surface area (Å²) in [5.41, 5.74) is 5.31. The topological polar surface area (TPSA) is 212 Å². The lowest BCUT2D eigenvalue weighted by molar-refractivity contribution is -0.161. The van der Waals surface area contributed by atoms with Gasteiger partial charge in [-0.25, -0.2) is 4.57 Å². The summed E-state index contributed by atoms with van der Waals surface area (Å²) in [4.78, 5) is 45.9. The first-order chi connectivity index (χ1) is 27.9. The maximum absolute atomic E-state index is 12.6. The number of aliphatic carboxylic acids is 1. The Morgan fingerprint density at radius 2 is 1.22 bits per heavy atom. The third-order valence-corrected chi connectivity index (χ3v) is 9.58. The van der Waals surface area contributed by atoms with Crippen LogP contribution >= 0.6 is 7.82 Å². The van der Waals surface area contributed by atoms with Gasteiger partial charge in [0.15, 0.2) is 6.10 Å². The van der Waals surface area contributed by atoms with Crippen LogP contribution < -0.4 is 5.73 Å². The Hall–Kier alpha value is -3.16. The summed E-state index contributed by atoms with van der Waals surface area (Å²) in [6, 6.07) is -1.57. The molecule has 5 unspecified atom stereocenters. The largest absolute Gasteiger partial charge is 0.480 e. The minimum Gasteiger partial charge on any atom is -0.480 e. The minimum absolute atomic E-state index is 0.106. The number of hydrogen-bond donors (Lipinski definition) is 5. The molecular formula is C44H74NO12P. The molecule has 58 heavy (non-hydrogen) atoms. The zero-order valence-electron chi connectivity index (χ0n) is 35.1. The van der Waals surface area contributed by atoms with Crippen LogP contribution in [0.4, 0.5) is 0 Å². The number of nitrogens with two attached hydrogens (primary N) is 1. The highest BCUT2D eigenvalue weighted by atomic mass is 31.2. The number of carboxylic acids is 1. The SMILES string of the molecule is CC/C=C\C/C=C\CC(O)/C=C/C=C\C=C\C(O)CCCC(=O)OC(COC(=O)CCCCCCC/C=C\CCCCCCCC)COP(=O)(O)OCC(N)C(=O)O. The number of phosphoric acid groups is 1. The van der Waals surface area contributed by atoms with Crippen molar-refractivity contribution in [3.8, 4) is 0 Å². The Balaban J connectivity index is 4.68. The van der Waals surface area contributed by atoms with Crippen LogP contribution in [-0.2, 0) is 37.5 Å². The van der Waals surface area contributed by atoms with Gasteiger partial charge >= 0.3 is 25.7 Å². The number of allylic oxidation sites excluding steroid dienone is 9. The fourth-order valence-corrected chi connectivity index (χ4v) is 6.01. The van der Waals surface area contributed by atoms with Crippen LogP contribution in [0.3, 0.4) is 0 Å². The lowest BCUT2D eigenvalue weighted by Gasteiger charge is -2.20. The van der Waals surface area contributed by atoms with Crippen LogP contribution in [0.5, 0.6) is 0 Å². The molecule has 5 atom stereocenters. The Morgan fingerprint density at radius 1 is 0.655 bits per heavy atom. The van der Waals surface area contributed by atoms with Gasteiger partial charge in [0.1, 0.15) is 12.6 Å². The van der Waals surface area contributed by atoms with Gasteiger partial charge in [0.25, 0.3) is 0 Å². The van der Waals surface area contributed by atoms with E-state index in [9.17, 15) is 34.1 Å². The fraction of sp³-hybridized carbons (Fsp3) is 0.659. The van der Waals surface area contributed by atoms with Gasteiger partial charge in [-0.15, -0.1) is 0 Å². The average molecular weight is 840 g/mol. The highest BCUT2D eigenvalue weighted by molar-refractivity contribution is 7.47. The van der Waals surface area contributed by atoms with E-state index >= 15 is 0 Å². The third kappa shape index (κ3) is 37.1. The molecule has 14 heteroatoms. The molecule has 0 aliphatic heterocycles. The van der Waals surface area contributed by atoms with E-state index in [1.54, 1.807) is 36.5 Å². The van der Waals surface area contributed by atoms with Crippen molar-refractivity contribution in [2.75, 3.05) is 19.8 Å². The van der Waals surface area contributed by atoms with E-state index in [1.165, 1.54) is 38.5 Å². The van der Waals surface area contributed by atoms with E-state index in [0.29, 0.717) is 12.8 Å². The summed E-state index contributed by atoms with van der Waals surface area (Å²) in [7, 11) is -4.79. The molecule has 0 heterocycles. The van der Waals surface area contributed by atoms with Crippen molar-refractivity contribution in [2.45, 2.75) is 167 Å². The number of hydrogen-bond acceptors (Lipinski definition) is 11. The van der Waals surface area contributed by atoms with Crippen LogP contribution in [0.2, 0.25) is 0 Å². The van der Waals surface area contributed by atoms with Gasteiger partial charge in [-0.1, -0.05) is 138 Å². The first kappa shape index (κ1) is 54.8. The van der Waals surface area contributed by atoms with Crippen molar-refractivity contribution in [1.29, 1.82) is 0 Å². The highest BCUT2D eigenvalue weighted by Crippen LogP contribution is 2.43. The highest BCUT2D eigenvalue weighted by Gasteiger charge is 2.28. The van der Waals surface area contributed by atoms with Crippen molar-refractivity contribution in [3.05, 3.63) is 72.9 Å². The molecule has 0 spiro atoms. The fourth-order valence-electron chi connectivity index (χ4n) is 5.24. The predicted molar refractivity (Wildman–Crippen MR) is 229 cm³/mol. The Bertz CT molecular complexity index is 1290. The second-order valence-corrected chi connectivity index (χ2v) is 15.6. The maximum atomic E-state index is 12.6. The van der Waals surface area contributed by atoms with Gasteiger partial charge in [-0.3, -0.25) is 23.4 Å². The van der Waals surface area contributed by atoms with Crippen LogP contribution in [0.15, 0.2) is 72.9 Å². The van der Waals surface area contributed by atoms with Gasteiger partial charge in [0.2, 0.25) is 0 Å². The van der Waals surface area contributed by atoms with Gasteiger partial charge in [-0.05, 0) is 64.2 Å². The van der Waals surface area contributed by atoms with Crippen molar-refractivity contribution in [1.82, 2.24) is 0 Å². The standard InChI is InChI=1S/C44H74NO12P/c1-3-5-7-9-11-12-13-14-15-16-17-18-19-21-27-33-42(48)54-35-40(36-55-58(52,53)56-37-41(45)44(50)51)57-43(49)34-28-32-39(47)31-26-23-22-25-30-38(46)29-24-20-10-8-6-4-2/h6,8,14-15,20,22-26,30-31,38-41,46-47H,3-5,7,9-13,16-19,21,27-29,32-37,45H2,1-2H3,(H,50,51)(H,52,53)/b8-6-,15-14-,23-22-,24-20-,30-25+,31-26+. The molecular weight excluding hydrogens is 765 g/mol. The number of carbonyl (C=O) groups excluding carboxylic acids is 2. The molecule has 0 aliphatic carbocycles. The number of carboxylic acid groups (broad SMARTS) is 1. The Labute approximate surface area is 347 Å². The molecule has 332 valence electrons. The molecule has 13 nitrogen and oxygen atoms in total. The van der Waals surface area contributed by atoms with Crippen LogP contribution in [0.1, 0.15) is 142 Å². The molecule has 6 N–H and O–H groups in total. The van der Waals surface area contributed by atoms with Crippen LogP contribution in [-0.4, -0.2) is 82.3 Å². The molecule has 0 amide bonds. The Morgan fingerprint density at radius 3 is 1.86 bits per heavy atom. The summed E-state index contributed by atoms with van der Waals surface area (Å²) in [6.07, 6.45) is 37.4. The Kier molecular flexibility index (Phi) is 36.0. The van der Waals surface area contributed by atoms with Gasteiger partial charge in [-0.2, -0.15) is 0 Å². The zero-order valence-corrected chi connectivity index (χ0v) is 36.0. The van der Waals surface area contributed by atoms with Crippen molar-refractivity contribution >= 4 is 25.7 Å². The van der Waals surface area contributed by atoms with Gasteiger partial charge < -0.3 is 35.4 Å². The summed E-state index contributed by atoms with van der Waals surface area (Å²) < 4.78 is 32.5. The van der Waals surface area contributed by atoms with Crippen molar-refractivity contribution in [3.63, 3.8) is 0 Å². The molecule has 0 fully saturated rings. The van der Waals surface area contributed by atoms with E-state index in [1.807, 2.05) is 12.2 Å².